The maximum Gasteiger partial charge on any atom is 0.233 e. The lowest BCUT2D eigenvalue weighted by Crippen LogP contribution is -2.34. The van der Waals surface area contributed by atoms with Crippen molar-refractivity contribution in [3.05, 3.63) is 34.7 Å². The average Bonchev–Trinajstić information content (AvgIpc) is 3.26. The summed E-state index contributed by atoms with van der Waals surface area (Å²) >= 11 is 1.51. The Labute approximate surface area is 173 Å². The summed E-state index contributed by atoms with van der Waals surface area (Å²) in [6.45, 7) is 0.157. The first-order valence-electron chi connectivity index (χ1n) is 10.3. The molecule has 2 aromatic rings. The number of aromatic nitrogens is 1. The highest BCUT2D eigenvalue weighted by Crippen LogP contribution is 2.39. The van der Waals surface area contributed by atoms with Crippen LogP contribution in [0.25, 0.3) is 11.3 Å². The molecule has 1 saturated carbocycles. The number of anilines is 1. The van der Waals surface area contributed by atoms with Crippen molar-refractivity contribution >= 4 is 34.2 Å². The highest BCUT2D eigenvalue weighted by Gasteiger charge is 2.47. The molecule has 3 amide bonds. The molecule has 1 aromatic heterocycles. The summed E-state index contributed by atoms with van der Waals surface area (Å²) in [5.41, 5.74) is 3.39. The zero-order chi connectivity index (χ0) is 20.0. The molecule has 1 aromatic carbocycles. The number of fused-ring (bicyclic) bond motifs is 4. The van der Waals surface area contributed by atoms with Crippen LogP contribution in [0.15, 0.2) is 24.3 Å². The summed E-state index contributed by atoms with van der Waals surface area (Å²) in [7, 11) is 0. The summed E-state index contributed by atoms with van der Waals surface area (Å²) in [6, 6.07) is 8.24. The highest BCUT2D eigenvalue weighted by molar-refractivity contribution is 7.16. The first-order valence-corrected chi connectivity index (χ1v) is 11.2. The normalized spacial score (nSPS) is 22.8. The lowest BCUT2D eigenvalue weighted by Gasteiger charge is -2.19. The molecule has 1 aliphatic heterocycles. The van der Waals surface area contributed by atoms with Crippen molar-refractivity contribution in [3.8, 4) is 11.3 Å². The number of imide groups is 1. The number of nitrogens with zero attached hydrogens (tertiary/aromatic N) is 2. The predicted octanol–water partition coefficient (Wildman–Crippen LogP) is 3.41. The summed E-state index contributed by atoms with van der Waals surface area (Å²) in [5.74, 6) is -0.711. The molecule has 29 heavy (non-hydrogen) atoms. The first-order chi connectivity index (χ1) is 14.1. The maximum atomic E-state index is 12.5. The van der Waals surface area contributed by atoms with Gasteiger partial charge in [-0.15, -0.1) is 11.3 Å². The number of aryl methyl sites for hydroxylation is 2. The molecule has 0 spiro atoms. The summed E-state index contributed by atoms with van der Waals surface area (Å²) in [6.07, 6.45) is 5.63. The molecule has 7 heteroatoms. The van der Waals surface area contributed by atoms with Gasteiger partial charge in [0.2, 0.25) is 17.7 Å². The fourth-order valence-electron chi connectivity index (χ4n) is 4.85. The molecule has 6 nitrogen and oxygen atoms in total. The number of hydrogen-bond donors (Lipinski definition) is 1. The fraction of sp³-hybridized carbons (Fsp3) is 0.455. The number of thiazole rings is 1. The second-order valence-electron chi connectivity index (χ2n) is 8.07. The van der Waals surface area contributed by atoms with Gasteiger partial charge in [-0.05, 0) is 31.2 Å². The Bertz CT molecular complexity index is 975. The van der Waals surface area contributed by atoms with E-state index in [1.807, 2.05) is 12.1 Å². The van der Waals surface area contributed by atoms with Crippen LogP contribution in [0.2, 0.25) is 0 Å². The van der Waals surface area contributed by atoms with Crippen molar-refractivity contribution in [1.29, 1.82) is 0 Å². The van der Waals surface area contributed by atoms with Crippen LogP contribution >= 0.6 is 11.3 Å². The minimum atomic E-state index is -0.208. The van der Waals surface area contributed by atoms with Crippen LogP contribution in [0.4, 0.5) is 5.13 Å². The standard InChI is InChI=1S/C22H23N3O3S/c26-18(11-12-25-20(27)15-7-3-4-8-16(15)21(25)28)23-22-24-19-14-6-2-1-5-13(14)9-10-17(19)29-22/h1-2,5-6,15-16H,3-4,7-12H2,(H,23,24,26)/t15-,16-/m1/s1. The largest absolute Gasteiger partial charge is 0.302 e. The molecule has 0 unspecified atom stereocenters. The molecule has 150 valence electrons. The van der Waals surface area contributed by atoms with Crippen molar-refractivity contribution in [2.75, 3.05) is 11.9 Å². The summed E-state index contributed by atoms with van der Waals surface area (Å²) < 4.78 is 0. The smallest absolute Gasteiger partial charge is 0.233 e. The van der Waals surface area contributed by atoms with Crippen LogP contribution in [0.1, 0.15) is 42.5 Å². The van der Waals surface area contributed by atoms with E-state index in [4.69, 9.17) is 0 Å². The molecule has 5 rings (SSSR count). The number of amides is 3. The van der Waals surface area contributed by atoms with E-state index < -0.39 is 0 Å². The van der Waals surface area contributed by atoms with Crippen LogP contribution in [-0.2, 0) is 27.2 Å². The van der Waals surface area contributed by atoms with Gasteiger partial charge in [0, 0.05) is 23.4 Å². The van der Waals surface area contributed by atoms with E-state index in [-0.39, 0.29) is 42.5 Å². The van der Waals surface area contributed by atoms with Crippen molar-refractivity contribution in [2.45, 2.75) is 44.9 Å². The second kappa shape index (κ2) is 7.37. The Morgan fingerprint density at radius 3 is 2.59 bits per heavy atom. The predicted molar refractivity (Wildman–Crippen MR) is 110 cm³/mol. The van der Waals surface area contributed by atoms with Gasteiger partial charge in [0.1, 0.15) is 0 Å². The number of likely N-dealkylation sites (tertiary alicyclic amines) is 1. The fourth-order valence-corrected chi connectivity index (χ4v) is 5.84. The number of benzene rings is 1. The minimum Gasteiger partial charge on any atom is -0.302 e. The minimum absolute atomic E-state index is 0.0891. The zero-order valence-electron chi connectivity index (χ0n) is 16.1. The SMILES string of the molecule is O=C(CCN1C(=O)[C@@H]2CCCC[C@H]2C1=O)Nc1nc2c(s1)CCc1ccccc1-2. The summed E-state index contributed by atoms with van der Waals surface area (Å²) in [5, 5.41) is 3.45. The number of hydrogen-bond acceptors (Lipinski definition) is 5. The molecule has 0 radical (unpaired) electrons. The van der Waals surface area contributed by atoms with E-state index in [0.717, 1.165) is 49.8 Å². The van der Waals surface area contributed by atoms with E-state index in [2.05, 4.69) is 22.4 Å². The maximum absolute atomic E-state index is 12.5. The van der Waals surface area contributed by atoms with Gasteiger partial charge in [-0.3, -0.25) is 19.3 Å². The van der Waals surface area contributed by atoms with Crippen LogP contribution < -0.4 is 5.32 Å². The van der Waals surface area contributed by atoms with E-state index in [0.29, 0.717) is 5.13 Å². The van der Waals surface area contributed by atoms with E-state index >= 15 is 0 Å². The Hall–Kier alpha value is -2.54. The monoisotopic (exact) mass is 409 g/mol. The molecular formula is C22H23N3O3S. The van der Waals surface area contributed by atoms with Crippen molar-refractivity contribution in [1.82, 2.24) is 9.88 Å². The Morgan fingerprint density at radius 1 is 1.10 bits per heavy atom. The number of nitrogens with one attached hydrogen (secondary N) is 1. The van der Waals surface area contributed by atoms with E-state index in [9.17, 15) is 14.4 Å². The molecule has 1 N–H and O–H groups in total. The topological polar surface area (TPSA) is 79.4 Å². The van der Waals surface area contributed by atoms with Crippen molar-refractivity contribution < 1.29 is 14.4 Å². The Kier molecular flexibility index (Phi) is 4.70. The molecule has 2 aliphatic carbocycles. The van der Waals surface area contributed by atoms with Gasteiger partial charge < -0.3 is 5.32 Å². The number of rotatable bonds is 4. The zero-order valence-corrected chi connectivity index (χ0v) is 17.0. The van der Waals surface area contributed by atoms with Gasteiger partial charge in [-0.25, -0.2) is 4.98 Å². The molecule has 0 bridgehead atoms. The lowest BCUT2D eigenvalue weighted by atomic mass is 9.81. The van der Waals surface area contributed by atoms with Crippen LogP contribution in [0.5, 0.6) is 0 Å². The van der Waals surface area contributed by atoms with Gasteiger partial charge in [-0.1, -0.05) is 37.1 Å². The van der Waals surface area contributed by atoms with Gasteiger partial charge in [-0.2, -0.15) is 0 Å². The van der Waals surface area contributed by atoms with E-state index in [1.54, 1.807) is 0 Å². The molecular weight excluding hydrogens is 386 g/mol. The van der Waals surface area contributed by atoms with Gasteiger partial charge >= 0.3 is 0 Å². The quantitative estimate of drug-likeness (QED) is 0.785. The van der Waals surface area contributed by atoms with Crippen LogP contribution in [0, 0.1) is 11.8 Å². The first kappa shape index (κ1) is 18.5. The number of carbonyl (C=O) groups is 3. The van der Waals surface area contributed by atoms with Gasteiger partial charge in [0.05, 0.1) is 17.5 Å². The lowest BCUT2D eigenvalue weighted by molar-refractivity contribution is -0.140. The molecule has 2 atom stereocenters. The van der Waals surface area contributed by atoms with Crippen LogP contribution in [-0.4, -0.2) is 34.2 Å². The molecule has 2 fully saturated rings. The Morgan fingerprint density at radius 2 is 1.83 bits per heavy atom. The molecule has 3 aliphatic rings. The second-order valence-corrected chi connectivity index (χ2v) is 9.16. The third kappa shape index (κ3) is 3.27. The van der Waals surface area contributed by atoms with Crippen LogP contribution in [0.3, 0.4) is 0 Å². The van der Waals surface area contributed by atoms with Crippen molar-refractivity contribution in [3.63, 3.8) is 0 Å². The van der Waals surface area contributed by atoms with E-state index in [1.165, 1.54) is 26.7 Å². The molecule has 2 heterocycles. The third-order valence-electron chi connectivity index (χ3n) is 6.33. The molecule has 1 saturated heterocycles. The third-order valence-corrected chi connectivity index (χ3v) is 7.36. The Balaban J connectivity index is 1.23. The highest BCUT2D eigenvalue weighted by atomic mass is 32.1. The van der Waals surface area contributed by atoms with Crippen molar-refractivity contribution in [2.24, 2.45) is 11.8 Å². The summed E-state index contributed by atoms with van der Waals surface area (Å²) in [4.78, 5) is 44.7. The van der Waals surface area contributed by atoms with Gasteiger partial charge in [0.15, 0.2) is 5.13 Å². The van der Waals surface area contributed by atoms with Gasteiger partial charge in [0.25, 0.3) is 0 Å². The average molecular weight is 410 g/mol. The number of carbonyl (C=O) groups excluding carboxylic acids is 3.